The van der Waals surface area contributed by atoms with E-state index in [-0.39, 0.29) is 18.3 Å². The van der Waals surface area contributed by atoms with Crippen LogP contribution in [0, 0.1) is 0 Å². The summed E-state index contributed by atoms with van der Waals surface area (Å²) in [5.74, 6) is -0.772. The number of hydrogen-bond acceptors (Lipinski definition) is 3. The van der Waals surface area contributed by atoms with E-state index in [9.17, 15) is 15.0 Å². The van der Waals surface area contributed by atoms with E-state index in [1.807, 2.05) is 12.1 Å². The van der Waals surface area contributed by atoms with Gasteiger partial charge in [-0.25, -0.2) is 0 Å². The van der Waals surface area contributed by atoms with Crippen molar-refractivity contribution in [2.24, 2.45) is 0 Å². The van der Waals surface area contributed by atoms with Crippen molar-refractivity contribution in [3.63, 3.8) is 0 Å². The topological polar surface area (TPSA) is 77.8 Å². The number of benzene rings is 2. The van der Waals surface area contributed by atoms with Crippen molar-refractivity contribution in [3.05, 3.63) is 76.9 Å². The van der Waals surface area contributed by atoms with E-state index in [0.717, 1.165) is 18.4 Å². The summed E-state index contributed by atoms with van der Waals surface area (Å²) in [7, 11) is 0. The lowest BCUT2D eigenvalue weighted by atomic mass is 9.69. The number of rotatable bonds is 11. The molecule has 0 saturated heterocycles. The SMILES string of the molecule is CCC(CC)(c1ccccc1)c1ccc(/C=C/[C@@H](O)C[C@@H](O)CC(=O)O)c(C(C)C)c1. The minimum atomic E-state index is -1.07. The van der Waals surface area contributed by atoms with Crippen LogP contribution in [0.3, 0.4) is 0 Å². The Kier molecular flexibility index (Phi) is 9.02. The summed E-state index contributed by atoms with van der Waals surface area (Å²) in [5.41, 5.74) is 4.80. The van der Waals surface area contributed by atoms with Crippen molar-refractivity contribution >= 4 is 12.0 Å². The molecule has 0 aliphatic heterocycles. The van der Waals surface area contributed by atoms with Crippen molar-refractivity contribution in [1.82, 2.24) is 0 Å². The van der Waals surface area contributed by atoms with Gasteiger partial charge in [-0.15, -0.1) is 0 Å². The van der Waals surface area contributed by atoms with Gasteiger partial charge in [0.2, 0.25) is 0 Å². The maximum atomic E-state index is 10.7. The number of aliphatic hydroxyl groups is 2. The Labute approximate surface area is 186 Å². The van der Waals surface area contributed by atoms with Crippen molar-refractivity contribution in [3.8, 4) is 0 Å². The van der Waals surface area contributed by atoms with Gasteiger partial charge in [0.05, 0.1) is 18.6 Å². The third kappa shape index (κ3) is 6.28. The quantitative estimate of drug-likeness (QED) is 0.444. The highest BCUT2D eigenvalue weighted by atomic mass is 16.4. The lowest BCUT2D eigenvalue weighted by Gasteiger charge is -2.34. The molecule has 0 amide bonds. The molecule has 0 bridgehead atoms. The second-order valence-corrected chi connectivity index (χ2v) is 8.57. The molecule has 2 atom stereocenters. The molecule has 0 unspecified atom stereocenters. The maximum absolute atomic E-state index is 10.7. The second-order valence-electron chi connectivity index (χ2n) is 8.57. The Morgan fingerprint density at radius 3 is 2.19 bits per heavy atom. The third-order valence-corrected chi connectivity index (χ3v) is 6.22. The normalized spacial score (nSPS) is 14.2. The molecule has 0 radical (unpaired) electrons. The van der Waals surface area contributed by atoms with Gasteiger partial charge in [-0.2, -0.15) is 0 Å². The van der Waals surface area contributed by atoms with Crippen LogP contribution < -0.4 is 0 Å². The number of aliphatic carboxylic acids is 1. The van der Waals surface area contributed by atoms with Crippen LogP contribution in [-0.4, -0.2) is 33.5 Å². The smallest absolute Gasteiger partial charge is 0.305 e. The zero-order chi connectivity index (χ0) is 23.0. The predicted octanol–water partition coefficient (Wildman–Crippen LogP) is 5.52. The molecule has 168 valence electrons. The summed E-state index contributed by atoms with van der Waals surface area (Å²) in [5, 5.41) is 28.7. The molecule has 0 fully saturated rings. The highest BCUT2D eigenvalue weighted by Crippen LogP contribution is 2.40. The van der Waals surface area contributed by atoms with E-state index in [2.05, 4.69) is 70.2 Å². The molecule has 2 aromatic rings. The van der Waals surface area contributed by atoms with E-state index in [1.54, 1.807) is 6.08 Å². The third-order valence-electron chi connectivity index (χ3n) is 6.22. The summed E-state index contributed by atoms with van der Waals surface area (Å²) in [6, 6.07) is 17.2. The molecule has 0 spiro atoms. The first-order valence-electron chi connectivity index (χ1n) is 11.2. The minimum absolute atomic E-state index is 0.000678. The van der Waals surface area contributed by atoms with E-state index < -0.39 is 18.2 Å². The van der Waals surface area contributed by atoms with Crippen molar-refractivity contribution in [2.75, 3.05) is 0 Å². The maximum Gasteiger partial charge on any atom is 0.305 e. The number of carbonyl (C=O) groups is 1. The fraction of sp³-hybridized carbons (Fsp3) is 0.444. The Morgan fingerprint density at radius 1 is 1.00 bits per heavy atom. The lowest BCUT2D eigenvalue weighted by Crippen LogP contribution is -2.26. The van der Waals surface area contributed by atoms with Crippen LogP contribution in [-0.2, 0) is 10.2 Å². The van der Waals surface area contributed by atoms with Gasteiger partial charge < -0.3 is 15.3 Å². The largest absolute Gasteiger partial charge is 0.481 e. The van der Waals surface area contributed by atoms with Crippen molar-refractivity contribution < 1.29 is 20.1 Å². The van der Waals surface area contributed by atoms with Crippen LogP contribution in [0.4, 0.5) is 0 Å². The number of carboxylic acid groups (broad SMARTS) is 1. The Balaban J connectivity index is 2.35. The predicted molar refractivity (Wildman–Crippen MR) is 126 cm³/mol. The highest BCUT2D eigenvalue weighted by Gasteiger charge is 2.31. The molecule has 0 aliphatic rings. The summed E-state index contributed by atoms with van der Waals surface area (Å²) < 4.78 is 0. The van der Waals surface area contributed by atoms with Crippen LogP contribution in [0.25, 0.3) is 6.08 Å². The van der Waals surface area contributed by atoms with Crippen LogP contribution in [0.1, 0.15) is 81.5 Å². The number of hydrogen-bond donors (Lipinski definition) is 3. The van der Waals surface area contributed by atoms with Gasteiger partial charge in [0, 0.05) is 11.8 Å². The molecule has 0 aromatic heterocycles. The van der Waals surface area contributed by atoms with Crippen LogP contribution in [0.15, 0.2) is 54.6 Å². The van der Waals surface area contributed by atoms with Crippen LogP contribution in [0.5, 0.6) is 0 Å². The molecular formula is C27H36O4. The second kappa shape index (κ2) is 11.3. The van der Waals surface area contributed by atoms with E-state index in [0.29, 0.717) is 5.92 Å². The Bertz CT molecular complexity index is 866. The fourth-order valence-electron chi connectivity index (χ4n) is 4.37. The first kappa shape index (κ1) is 24.8. The molecule has 3 N–H and O–H groups in total. The average molecular weight is 425 g/mol. The zero-order valence-corrected chi connectivity index (χ0v) is 19.1. The minimum Gasteiger partial charge on any atom is -0.481 e. The van der Waals surface area contributed by atoms with E-state index in [1.165, 1.54) is 16.7 Å². The molecule has 4 heteroatoms. The first-order chi connectivity index (χ1) is 14.7. The zero-order valence-electron chi connectivity index (χ0n) is 19.1. The van der Waals surface area contributed by atoms with Gasteiger partial charge in [0.25, 0.3) is 0 Å². The van der Waals surface area contributed by atoms with Crippen molar-refractivity contribution in [1.29, 1.82) is 0 Å². The molecule has 4 nitrogen and oxygen atoms in total. The highest BCUT2D eigenvalue weighted by molar-refractivity contribution is 5.67. The number of carboxylic acids is 1. The lowest BCUT2D eigenvalue weighted by molar-refractivity contribution is -0.139. The standard InChI is InChI=1S/C27H36O4/c1-5-27(6-2,21-10-8-7-9-11-21)22-14-12-20(25(16-22)19(3)4)13-15-23(28)17-24(29)18-26(30)31/h7-16,19,23-24,28-29H,5-6,17-18H2,1-4H3,(H,30,31)/b15-13+/t23-,24-/m1/s1. The summed E-state index contributed by atoms with van der Waals surface area (Å²) in [4.78, 5) is 10.7. The van der Waals surface area contributed by atoms with Crippen LogP contribution >= 0.6 is 0 Å². The fourth-order valence-corrected chi connectivity index (χ4v) is 4.37. The molecule has 0 aliphatic carbocycles. The average Bonchev–Trinajstić information content (AvgIpc) is 2.74. The molecule has 2 aromatic carbocycles. The molecule has 0 heterocycles. The molecule has 2 rings (SSSR count). The van der Waals surface area contributed by atoms with Gasteiger partial charge in [-0.05, 0) is 41.0 Å². The molecule has 31 heavy (non-hydrogen) atoms. The van der Waals surface area contributed by atoms with E-state index >= 15 is 0 Å². The summed E-state index contributed by atoms with van der Waals surface area (Å²) in [6.45, 7) is 8.79. The summed E-state index contributed by atoms with van der Waals surface area (Å²) >= 11 is 0. The van der Waals surface area contributed by atoms with Crippen LogP contribution in [0.2, 0.25) is 0 Å². The first-order valence-corrected chi connectivity index (χ1v) is 11.2. The molecular weight excluding hydrogens is 388 g/mol. The Hall–Kier alpha value is -2.43. The van der Waals surface area contributed by atoms with Gasteiger partial charge >= 0.3 is 5.97 Å². The van der Waals surface area contributed by atoms with E-state index in [4.69, 9.17) is 5.11 Å². The Morgan fingerprint density at radius 2 is 1.65 bits per heavy atom. The van der Waals surface area contributed by atoms with Gasteiger partial charge in [0.1, 0.15) is 0 Å². The molecule has 0 saturated carbocycles. The summed E-state index contributed by atoms with van der Waals surface area (Å²) in [6.07, 6.45) is 3.18. The van der Waals surface area contributed by atoms with Gasteiger partial charge in [0.15, 0.2) is 0 Å². The monoisotopic (exact) mass is 424 g/mol. The van der Waals surface area contributed by atoms with Gasteiger partial charge in [-0.1, -0.05) is 88.4 Å². The van der Waals surface area contributed by atoms with Crippen molar-refractivity contribution in [2.45, 2.75) is 76.9 Å². The number of aliphatic hydroxyl groups excluding tert-OH is 2. The van der Waals surface area contributed by atoms with Gasteiger partial charge in [-0.3, -0.25) is 4.79 Å².